The Morgan fingerprint density at radius 3 is 2.81 bits per heavy atom. The van der Waals surface area contributed by atoms with Crippen molar-refractivity contribution in [2.24, 2.45) is 0 Å². The van der Waals surface area contributed by atoms with Crippen LogP contribution in [0.3, 0.4) is 0 Å². The van der Waals surface area contributed by atoms with E-state index >= 15 is 0 Å². The van der Waals surface area contributed by atoms with Gasteiger partial charge in [0.25, 0.3) is 0 Å². The lowest BCUT2D eigenvalue weighted by molar-refractivity contribution is 0.144. The smallest absolute Gasteiger partial charge is 0.127 e. The Labute approximate surface area is 96.8 Å². The average Bonchev–Trinajstić information content (AvgIpc) is 2.29. The van der Waals surface area contributed by atoms with E-state index in [0.717, 1.165) is 31.7 Å². The van der Waals surface area contributed by atoms with E-state index in [9.17, 15) is 4.39 Å². The molecular weight excluding hydrogens is 205 g/mol. The van der Waals surface area contributed by atoms with Crippen molar-refractivity contribution in [1.29, 1.82) is 0 Å². The highest BCUT2D eigenvalue weighted by Gasteiger charge is 2.08. The van der Waals surface area contributed by atoms with Gasteiger partial charge in [0.05, 0.1) is 0 Å². The molecule has 0 saturated heterocycles. The van der Waals surface area contributed by atoms with E-state index in [1.807, 2.05) is 26.0 Å². The van der Waals surface area contributed by atoms with Crippen molar-refractivity contribution >= 4 is 0 Å². The second-order valence-corrected chi connectivity index (χ2v) is 3.75. The maximum Gasteiger partial charge on any atom is 0.127 e. The first-order valence-electron chi connectivity index (χ1n) is 5.81. The maximum atomic E-state index is 13.4. The van der Waals surface area contributed by atoms with Crippen LogP contribution in [0.5, 0.6) is 0 Å². The fourth-order valence-electron chi connectivity index (χ4n) is 1.57. The van der Waals surface area contributed by atoms with Gasteiger partial charge in [-0.1, -0.05) is 18.2 Å². The van der Waals surface area contributed by atoms with E-state index in [1.54, 1.807) is 6.07 Å². The minimum atomic E-state index is -0.146. The Morgan fingerprint density at radius 2 is 2.12 bits per heavy atom. The van der Waals surface area contributed by atoms with Crippen LogP contribution in [-0.4, -0.2) is 19.8 Å². The molecule has 1 atom stereocenters. The lowest BCUT2D eigenvalue weighted by Gasteiger charge is -2.14. The van der Waals surface area contributed by atoms with Crippen LogP contribution in [0.2, 0.25) is 0 Å². The Hall–Kier alpha value is -0.930. The minimum Gasteiger partial charge on any atom is -0.382 e. The highest BCUT2D eigenvalue weighted by Crippen LogP contribution is 2.15. The summed E-state index contributed by atoms with van der Waals surface area (Å²) in [6.45, 7) is 6.31. The van der Waals surface area contributed by atoms with Gasteiger partial charge in [0.1, 0.15) is 5.82 Å². The first-order valence-corrected chi connectivity index (χ1v) is 5.81. The maximum absolute atomic E-state index is 13.4. The largest absolute Gasteiger partial charge is 0.382 e. The monoisotopic (exact) mass is 225 g/mol. The fraction of sp³-hybridized carbons (Fsp3) is 0.538. The molecule has 1 aromatic carbocycles. The number of rotatable bonds is 7. The van der Waals surface area contributed by atoms with Gasteiger partial charge in [0, 0.05) is 24.8 Å². The highest BCUT2D eigenvalue weighted by atomic mass is 19.1. The number of hydrogen-bond donors (Lipinski definition) is 1. The summed E-state index contributed by atoms with van der Waals surface area (Å²) in [5.41, 5.74) is 0.721. The Bertz CT molecular complexity index is 304. The molecule has 1 unspecified atom stereocenters. The molecule has 0 spiro atoms. The van der Waals surface area contributed by atoms with Crippen LogP contribution in [-0.2, 0) is 4.74 Å². The molecule has 0 fully saturated rings. The van der Waals surface area contributed by atoms with Gasteiger partial charge in [-0.15, -0.1) is 0 Å². The van der Waals surface area contributed by atoms with Crippen molar-refractivity contribution in [2.45, 2.75) is 26.3 Å². The van der Waals surface area contributed by atoms with Gasteiger partial charge in [-0.25, -0.2) is 4.39 Å². The summed E-state index contributed by atoms with van der Waals surface area (Å²) in [6.07, 6.45) is 0.951. The fourth-order valence-corrected chi connectivity index (χ4v) is 1.57. The summed E-state index contributed by atoms with van der Waals surface area (Å²) in [6, 6.07) is 6.92. The molecule has 0 bridgehead atoms. The van der Waals surface area contributed by atoms with E-state index in [-0.39, 0.29) is 11.9 Å². The molecule has 0 heterocycles. The summed E-state index contributed by atoms with van der Waals surface area (Å²) >= 11 is 0. The van der Waals surface area contributed by atoms with E-state index in [1.165, 1.54) is 6.07 Å². The number of ether oxygens (including phenoxy) is 1. The zero-order valence-electron chi connectivity index (χ0n) is 10.0. The summed E-state index contributed by atoms with van der Waals surface area (Å²) in [5, 5.41) is 3.28. The molecule has 2 nitrogen and oxygen atoms in total. The zero-order chi connectivity index (χ0) is 11.8. The standard InChI is InChI=1S/C13H20FNO/c1-3-16-10-6-9-15-11(2)12-7-4-5-8-13(12)14/h4-5,7-8,11,15H,3,6,9-10H2,1-2H3. The molecular formula is C13H20FNO. The molecule has 90 valence electrons. The number of benzene rings is 1. The van der Waals surface area contributed by atoms with Gasteiger partial charge in [-0.05, 0) is 32.9 Å². The molecule has 0 aromatic heterocycles. The molecule has 3 heteroatoms. The van der Waals surface area contributed by atoms with Crippen molar-refractivity contribution in [1.82, 2.24) is 5.32 Å². The first-order chi connectivity index (χ1) is 7.75. The first kappa shape index (κ1) is 13.1. The van der Waals surface area contributed by atoms with Gasteiger partial charge < -0.3 is 10.1 Å². The molecule has 0 saturated carbocycles. The second-order valence-electron chi connectivity index (χ2n) is 3.75. The van der Waals surface area contributed by atoms with Gasteiger partial charge in [0.15, 0.2) is 0 Å². The molecule has 1 N–H and O–H groups in total. The third kappa shape index (κ3) is 4.29. The van der Waals surface area contributed by atoms with Crippen LogP contribution in [0.1, 0.15) is 31.9 Å². The number of hydrogen-bond acceptors (Lipinski definition) is 2. The van der Waals surface area contributed by atoms with Gasteiger partial charge in [0.2, 0.25) is 0 Å². The summed E-state index contributed by atoms with van der Waals surface area (Å²) in [7, 11) is 0. The molecule has 0 radical (unpaired) electrons. The molecule has 0 amide bonds. The van der Waals surface area contributed by atoms with E-state index < -0.39 is 0 Å². The molecule has 0 aliphatic rings. The van der Waals surface area contributed by atoms with Crippen LogP contribution < -0.4 is 5.32 Å². The SMILES string of the molecule is CCOCCCNC(C)c1ccccc1F. The Kier molecular flexibility index (Phi) is 6.04. The van der Waals surface area contributed by atoms with Crippen molar-refractivity contribution < 1.29 is 9.13 Å². The normalized spacial score (nSPS) is 12.7. The van der Waals surface area contributed by atoms with Crippen LogP contribution in [0.15, 0.2) is 24.3 Å². The summed E-state index contributed by atoms with van der Waals surface area (Å²) < 4.78 is 18.6. The van der Waals surface area contributed by atoms with Gasteiger partial charge >= 0.3 is 0 Å². The van der Waals surface area contributed by atoms with E-state index in [0.29, 0.717) is 0 Å². The summed E-state index contributed by atoms with van der Waals surface area (Å²) in [5.74, 6) is -0.146. The lowest BCUT2D eigenvalue weighted by atomic mass is 10.1. The Balaban J connectivity index is 2.30. The quantitative estimate of drug-likeness (QED) is 0.720. The number of halogens is 1. The van der Waals surface area contributed by atoms with E-state index in [2.05, 4.69) is 5.32 Å². The molecule has 1 rings (SSSR count). The topological polar surface area (TPSA) is 21.3 Å². The van der Waals surface area contributed by atoms with Crippen molar-refractivity contribution in [3.05, 3.63) is 35.6 Å². The Morgan fingerprint density at radius 1 is 1.38 bits per heavy atom. The van der Waals surface area contributed by atoms with Crippen LogP contribution in [0.25, 0.3) is 0 Å². The molecule has 0 aliphatic carbocycles. The zero-order valence-corrected chi connectivity index (χ0v) is 10.0. The number of nitrogens with one attached hydrogen (secondary N) is 1. The summed E-state index contributed by atoms with van der Waals surface area (Å²) in [4.78, 5) is 0. The van der Waals surface area contributed by atoms with Crippen molar-refractivity contribution in [2.75, 3.05) is 19.8 Å². The van der Waals surface area contributed by atoms with Gasteiger partial charge in [-0.3, -0.25) is 0 Å². The van der Waals surface area contributed by atoms with Crippen LogP contribution in [0.4, 0.5) is 4.39 Å². The average molecular weight is 225 g/mol. The predicted molar refractivity (Wildman–Crippen MR) is 63.9 cm³/mol. The molecule has 0 aliphatic heterocycles. The van der Waals surface area contributed by atoms with E-state index in [4.69, 9.17) is 4.74 Å². The van der Waals surface area contributed by atoms with Crippen molar-refractivity contribution in [3.63, 3.8) is 0 Å². The van der Waals surface area contributed by atoms with Crippen molar-refractivity contribution in [3.8, 4) is 0 Å². The predicted octanol–water partition coefficient (Wildman–Crippen LogP) is 2.90. The van der Waals surface area contributed by atoms with Gasteiger partial charge in [-0.2, -0.15) is 0 Å². The highest BCUT2D eigenvalue weighted by molar-refractivity contribution is 5.20. The second kappa shape index (κ2) is 7.36. The van der Waals surface area contributed by atoms with Crippen LogP contribution >= 0.6 is 0 Å². The lowest BCUT2D eigenvalue weighted by Crippen LogP contribution is -2.21. The third-order valence-corrected chi connectivity index (χ3v) is 2.49. The molecule has 1 aromatic rings. The molecule has 16 heavy (non-hydrogen) atoms. The third-order valence-electron chi connectivity index (χ3n) is 2.49. The van der Waals surface area contributed by atoms with Crippen LogP contribution in [0, 0.1) is 5.82 Å². The minimum absolute atomic E-state index is 0.0443.